The number of aromatic amines is 1. The van der Waals surface area contributed by atoms with E-state index in [0.29, 0.717) is 6.54 Å². The number of methoxy groups -OCH3 is 1. The molecule has 0 radical (unpaired) electrons. The van der Waals surface area contributed by atoms with E-state index in [2.05, 4.69) is 37.1 Å². The molecule has 1 amide bonds. The lowest BCUT2D eigenvalue weighted by Crippen LogP contribution is -2.35. The van der Waals surface area contributed by atoms with Crippen LogP contribution in [0, 0.1) is 0 Å². The fraction of sp³-hybridized carbons (Fsp3) is 0.273. The van der Waals surface area contributed by atoms with Gasteiger partial charge in [0.15, 0.2) is 5.82 Å². The van der Waals surface area contributed by atoms with Crippen LogP contribution in [0.5, 0.6) is 5.75 Å². The molecule has 0 unspecified atom stereocenters. The van der Waals surface area contributed by atoms with Crippen molar-refractivity contribution >= 4 is 27.7 Å². The largest absolute Gasteiger partial charge is 0.497 e. The molecule has 1 saturated heterocycles. The standard InChI is InChI=1S/C22H23BrN4O2/c1-29-19-9-5-16(6-10-19)20-15-21(25-24-20)26-11-2-12-27(14-13-26)22(28)17-3-7-18(23)8-4-17/h3-10,15H,2,11-14H2,1H3,(H,24,25). The molecule has 150 valence electrons. The average molecular weight is 455 g/mol. The van der Waals surface area contributed by atoms with E-state index >= 15 is 0 Å². The maximum Gasteiger partial charge on any atom is 0.253 e. The van der Waals surface area contributed by atoms with Gasteiger partial charge in [-0.1, -0.05) is 15.9 Å². The number of hydrogen-bond donors (Lipinski definition) is 1. The lowest BCUT2D eigenvalue weighted by molar-refractivity contribution is 0.0767. The fourth-order valence-corrected chi connectivity index (χ4v) is 3.78. The Morgan fingerprint density at radius 2 is 1.79 bits per heavy atom. The molecule has 4 rings (SSSR count). The molecule has 7 heteroatoms. The fourth-order valence-electron chi connectivity index (χ4n) is 3.52. The first-order chi connectivity index (χ1) is 14.1. The number of nitrogens with one attached hydrogen (secondary N) is 1. The van der Waals surface area contributed by atoms with E-state index in [-0.39, 0.29) is 5.91 Å². The van der Waals surface area contributed by atoms with Crippen molar-refractivity contribution in [2.45, 2.75) is 6.42 Å². The number of hydrogen-bond acceptors (Lipinski definition) is 4. The lowest BCUT2D eigenvalue weighted by atomic mass is 10.1. The molecule has 1 N–H and O–H groups in total. The van der Waals surface area contributed by atoms with Crippen LogP contribution in [0.4, 0.5) is 5.82 Å². The van der Waals surface area contributed by atoms with Crippen LogP contribution in [-0.2, 0) is 0 Å². The third-order valence-electron chi connectivity index (χ3n) is 5.16. The van der Waals surface area contributed by atoms with Gasteiger partial charge in [0.2, 0.25) is 0 Å². The molecule has 2 heterocycles. The quantitative estimate of drug-likeness (QED) is 0.641. The number of rotatable bonds is 4. The van der Waals surface area contributed by atoms with E-state index in [1.807, 2.05) is 53.4 Å². The number of benzene rings is 2. The molecule has 0 bridgehead atoms. The molecule has 1 aliphatic rings. The van der Waals surface area contributed by atoms with Crippen molar-refractivity contribution in [1.82, 2.24) is 15.1 Å². The van der Waals surface area contributed by atoms with E-state index in [4.69, 9.17) is 4.74 Å². The maximum absolute atomic E-state index is 12.8. The molecule has 0 aliphatic carbocycles. The highest BCUT2D eigenvalue weighted by molar-refractivity contribution is 9.10. The first kappa shape index (κ1) is 19.5. The topological polar surface area (TPSA) is 61.5 Å². The Morgan fingerprint density at radius 3 is 2.52 bits per heavy atom. The highest BCUT2D eigenvalue weighted by atomic mass is 79.9. The summed E-state index contributed by atoms with van der Waals surface area (Å²) in [6.45, 7) is 3.06. The van der Waals surface area contributed by atoms with Gasteiger partial charge < -0.3 is 14.5 Å². The van der Waals surface area contributed by atoms with Crippen LogP contribution in [0.25, 0.3) is 11.3 Å². The molecule has 2 aromatic carbocycles. The maximum atomic E-state index is 12.8. The number of carbonyl (C=O) groups excluding carboxylic acids is 1. The lowest BCUT2D eigenvalue weighted by Gasteiger charge is -2.22. The average Bonchev–Trinajstić information content (AvgIpc) is 3.12. The van der Waals surface area contributed by atoms with Gasteiger partial charge in [0, 0.05) is 42.3 Å². The van der Waals surface area contributed by atoms with Gasteiger partial charge in [-0.25, -0.2) is 0 Å². The molecule has 1 aliphatic heterocycles. The van der Waals surface area contributed by atoms with E-state index in [1.54, 1.807) is 7.11 Å². The summed E-state index contributed by atoms with van der Waals surface area (Å²) in [5.74, 6) is 1.82. The number of ether oxygens (including phenoxy) is 1. The van der Waals surface area contributed by atoms with Gasteiger partial charge in [-0.2, -0.15) is 5.10 Å². The number of H-pyrrole nitrogens is 1. The monoisotopic (exact) mass is 454 g/mol. The van der Waals surface area contributed by atoms with Gasteiger partial charge in [0.1, 0.15) is 5.75 Å². The van der Waals surface area contributed by atoms with Crippen molar-refractivity contribution in [1.29, 1.82) is 0 Å². The third kappa shape index (κ3) is 4.45. The Hall–Kier alpha value is -2.80. The van der Waals surface area contributed by atoms with Crippen molar-refractivity contribution < 1.29 is 9.53 Å². The van der Waals surface area contributed by atoms with E-state index in [0.717, 1.165) is 58.9 Å². The predicted octanol–water partition coefficient (Wildman–Crippen LogP) is 4.20. The minimum Gasteiger partial charge on any atom is -0.497 e. The van der Waals surface area contributed by atoms with Crippen LogP contribution >= 0.6 is 15.9 Å². The Morgan fingerprint density at radius 1 is 1.03 bits per heavy atom. The first-order valence-electron chi connectivity index (χ1n) is 9.63. The second-order valence-electron chi connectivity index (χ2n) is 7.01. The number of aromatic nitrogens is 2. The molecule has 3 aromatic rings. The summed E-state index contributed by atoms with van der Waals surface area (Å²) in [5, 5.41) is 7.62. The molecule has 0 spiro atoms. The summed E-state index contributed by atoms with van der Waals surface area (Å²) in [6, 6.07) is 17.5. The second-order valence-corrected chi connectivity index (χ2v) is 7.92. The summed E-state index contributed by atoms with van der Waals surface area (Å²) in [6.07, 6.45) is 0.910. The zero-order chi connectivity index (χ0) is 20.2. The number of halogens is 1. The zero-order valence-corrected chi connectivity index (χ0v) is 17.9. The van der Waals surface area contributed by atoms with Crippen LogP contribution in [0.1, 0.15) is 16.8 Å². The highest BCUT2D eigenvalue weighted by Crippen LogP contribution is 2.25. The summed E-state index contributed by atoms with van der Waals surface area (Å²) in [7, 11) is 1.66. The molecule has 0 saturated carbocycles. The van der Waals surface area contributed by atoms with Crippen molar-refractivity contribution in [2.75, 3.05) is 38.2 Å². The third-order valence-corrected chi connectivity index (χ3v) is 5.69. The van der Waals surface area contributed by atoms with Gasteiger partial charge in [-0.3, -0.25) is 9.89 Å². The highest BCUT2D eigenvalue weighted by Gasteiger charge is 2.21. The van der Waals surface area contributed by atoms with Crippen molar-refractivity contribution in [2.24, 2.45) is 0 Å². The summed E-state index contributed by atoms with van der Waals surface area (Å²) in [4.78, 5) is 17.0. The van der Waals surface area contributed by atoms with Crippen molar-refractivity contribution in [3.05, 3.63) is 64.6 Å². The predicted molar refractivity (Wildman–Crippen MR) is 117 cm³/mol. The molecule has 6 nitrogen and oxygen atoms in total. The molecular weight excluding hydrogens is 432 g/mol. The van der Waals surface area contributed by atoms with Crippen molar-refractivity contribution in [3.63, 3.8) is 0 Å². The normalized spacial score (nSPS) is 14.6. The minimum absolute atomic E-state index is 0.0836. The van der Waals surface area contributed by atoms with Crippen molar-refractivity contribution in [3.8, 4) is 17.0 Å². The Labute approximate surface area is 178 Å². The van der Waals surface area contributed by atoms with E-state index in [1.165, 1.54) is 0 Å². The number of anilines is 1. The molecule has 1 aromatic heterocycles. The zero-order valence-electron chi connectivity index (χ0n) is 16.3. The summed E-state index contributed by atoms with van der Waals surface area (Å²) >= 11 is 3.42. The van der Waals surface area contributed by atoms with E-state index in [9.17, 15) is 4.79 Å². The Bertz CT molecular complexity index is 969. The van der Waals surface area contributed by atoms with Crippen LogP contribution in [0.2, 0.25) is 0 Å². The molecular formula is C22H23BrN4O2. The van der Waals surface area contributed by atoms with Crippen LogP contribution in [0.3, 0.4) is 0 Å². The number of carbonyl (C=O) groups is 1. The smallest absolute Gasteiger partial charge is 0.253 e. The summed E-state index contributed by atoms with van der Waals surface area (Å²) < 4.78 is 6.19. The molecule has 0 atom stereocenters. The Kier molecular flexibility index (Phi) is 5.85. The number of nitrogens with zero attached hydrogens (tertiary/aromatic N) is 3. The van der Waals surface area contributed by atoms with Gasteiger partial charge in [0.05, 0.1) is 12.8 Å². The van der Waals surface area contributed by atoms with Gasteiger partial charge in [-0.15, -0.1) is 0 Å². The SMILES string of the molecule is COc1ccc(-c2cc(N3CCCN(C(=O)c4ccc(Br)cc4)CC3)n[nH]2)cc1. The minimum atomic E-state index is 0.0836. The van der Waals surface area contributed by atoms with Crippen LogP contribution in [0.15, 0.2) is 59.1 Å². The Balaban J connectivity index is 1.42. The van der Waals surface area contributed by atoms with Crippen LogP contribution in [-0.4, -0.2) is 54.3 Å². The van der Waals surface area contributed by atoms with Gasteiger partial charge >= 0.3 is 0 Å². The van der Waals surface area contributed by atoms with Gasteiger partial charge in [-0.05, 0) is 60.5 Å². The second kappa shape index (κ2) is 8.69. The first-order valence-corrected chi connectivity index (χ1v) is 10.4. The van der Waals surface area contributed by atoms with Gasteiger partial charge in [0.25, 0.3) is 5.91 Å². The van der Waals surface area contributed by atoms with E-state index < -0.39 is 0 Å². The molecule has 29 heavy (non-hydrogen) atoms. The number of amides is 1. The van der Waals surface area contributed by atoms with Crippen LogP contribution < -0.4 is 9.64 Å². The molecule has 1 fully saturated rings. The summed E-state index contributed by atoms with van der Waals surface area (Å²) in [5.41, 5.74) is 2.75.